The van der Waals surface area contributed by atoms with Crippen LogP contribution in [0, 0.1) is 6.92 Å². The maximum Gasteiger partial charge on any atom is 0.373 e. The smallest absolute Gasteiger partial charge is 0.373 e. The van der Waals surface area contributed by atoms with Crippen molar-refractivity contribution in [1.82, 2.24) is 0 Å². The Morgan fingerprint density at radius 1 is 1.75 bits per heavy atom. The predicted octanol–water partition coefficient (Wildman–Crippen LogP) is 0.867. The highest BCUT2D eigenvalue weighted by Gasteiger charge is 2.13. The van der Waals surface area contributed by atoms with Crippen LogP contribution in [0.2, 0.25) is 0 Å². The second-order valence-corrected chi connectivity index (χ2v) is 2.37. The maximum absolute atomic E-state index is 10.9. The first-order valence-electron chi connectivity index (χ1n) is 3.47. The van der Waals surface area contributed by atoms with Crippen LogP contribution in [0.1, 0.15) is 21.9 Å². The van der Waals surface area contributed by atoms with E-state index >= 15 is 0 Å². The third-order valence-corrected chi connectivity index (χ3v) is 1.55. The van der Waals surface area contributed by atoms with Crippen LogP contribution in [0.25, 0.3) is 0 Å². The van der Waals surface area contributed by atoms with Crippen LogP contribution in [0.4, 0.5) is 0 Å². The summed E-state index contributed by atoms with van der Waals surface area (Å²) < 4.78 is 9.43. The van der Waals surface area contributed by atoms with Gasteiger partial charge in [-0.3, -0.25) is 0 Å². The van der Waals surface area contributed by atoms with Crippen LogP contribution in [-0.2, 0) is 11.3 Å². The molecule has 1 aromatic rings. The molecule has 1 N–H and O–H groups in total. The van der Waals surface area contributed by atoms with Gasteiger partial charge >= 0.3 is 5.97 Å². The third-order valence-electron chi connectivity index (χ3n) is 1.55. The SMILES string of the molecule is COC(=O)c1cc(C)c(CO)o1. The first-order valence-corrected chi connectivity index (χ1v) is 3.47. The number of ether oxygens (including phenoxy) is 1. The molecule has 0 bridgehead atoms. The topological polar surface area (TPSA) is 59.7 Å². The average Bonchev–Trinajstić information content (AvgIpc) is 2.45. The highest BCUT2D eigenvalue weighted by Crippen LogP contribution is 2.14. The summed E-state index contributed by atoms with van der Waals surface area (Å²) in [5.74, 6) is -0.00718. The highest BCUT2D eigenvalue weighted by molar-refractivity contribution is 5.86. The molecule has 0 spiro atoms. The molecule has 0 saturated carbocycles. The first-order chi connectivity index (χ1) is 5.69. The summed E-state index contributed by atoms with van der Waals surface area (Å²) in [6.07, 6.45) is 0. The molecule has 0 unspecified atom stereocenters. The Morgan fingerprint density at radius 2 is 2.42 bits per heavy atom. The summed E-state index contributed by atoms with van der Waals surface area (Å²) in [5, 5.41) is 8.74. The van der Waals surface area contributed by atoms with Gasteiger partial charge in [-0.1, -0.05) is 0 Å². The number of furan rings is 1. The number of aryl methyl sites for hydroxylation is 1. The Labute approximate surface area is 69.8 Å². The van der Waals surface area contributed by atoms with Crippen LogP contribution in [0.5, 0.6) is 0 Å². The molecular weight excluding hydrogens is 160 g/mol. The lowest BCUT2D eigenvalue weighted by Gasteiger charge is -1.92. The molecule has 0 fully saturated rings. The zero-order valence-electron chi connectivity index (χ0n) is 6.96. The van der Waals surface area contributed by atoms with Crippen LogP contribution < -0.4 is 0 Å². The standard InChI is InChI=1S/C8H10O4/c1-5-3-6(8(10)11-2)12-7(5)4-9/h3,9H,4H2,1-2H3. The normalized spacial score (nSPS) is 9.92. The van der Waals surface area contributed by atoms with E-state index < -0.39 is 5.97 Å². The van der Waals surface area contributed by atoms with Crippen molar-refractivity contribution in [2.24, 2.45) is 0 Å². The highest BCUT2D eigenvalue weighted by atomic mass is 16.5. The number of carbonyl (C=O) groups is 1. The molecule has 0 aliphatic rings. The number of hydrogen-bond acceptors (Lipinski definition) is 4. The van der Waals surface area contributed by atoms with Crippen molar-refractivity contribution in [2.45, 2.75) is 13.5 Å². The minimum Gasteiger partial charge on any atom is -0.463 e. The third kappa shape index (κ3) is 1.48. The minimum atomic E-state index is -0.530. The molecule has 0 saturated heterocycles. The molecule has 66 valence electrons. The predicted molar refractivity (Wildman–Crippen MR) is 40.7 cm³/mol. The lowest BCUT2D eigenvalue weighted by Crippen LogP contribution is -1.98. The van der Waals surface area contributed by atoms with Gasteiger partial charge in [-0.05, 0) is 18.6 Å². The van der Waals surface area contributed by atoms with Gasteiger partial charge in [-0.25, -0.2) is 4.79 Å². The van der Waals surface area contributed by atoms with Crippen molar-refractivity contribution in [3.8, 4) is 0 Å². The van der Waals surface area contributed by atoms with Crippen LogP contribution >= 0.6 is 0 Å². The van der Waals surface area contributed by atoms with E-state index in [2.05, 4.69) is 4.74 Å². The fourth-order valence-corrected chi connectivity index (χ4v) is 0.878. The first kappa shape index (κ1) is 8.80. The minimum absolute atomic E-state index is 0.124. The van der Waals surface area contributed by atoms with Gasteiger partial charge in [-0.15, -0.1) is 0 Å². The summed E-state index contributed by atoms with van der Waals surface area (Å²) in [5.41, 5.74) is 0.748. The quantitative estimate of drug-likeness (QED) is 0.669. The fourth-order valence-electron chi connectivity index (χ4n) is 0.878. The fraction of sp³-hybridized carbons (Fsp3) is 0.375. The van der Waals surface area contributed by atoms with E-state index in [9.17, 15) is 4.79 Å². The number of hydrogen-bond donors (Lipinski definition) is 1. The van der Waals surface area contributed by atoms with E-state index in [1.165, 1.54) is 13.2 Å². The number of esters is 1. The van der Waals surface area contributed by atoms with Gasteiger partial charge in [0.05, 0.1) is 7.11 Å². The molecule has 4 nitrogen and oxygen atoms in total. The summed E-state index contributed by atoms with van der Waals surface area (Å²) in [4.78, 5) is 10.9. The van der Waals surface area contributed by atoms with Gasteiger partial charge in [0, 0.05) is 0 Å². The number of methoxy groups -OCH3 is 1. The number of aliphatic hydroxyl groups is 1. The van der Waals surface area contributed by atoms with E-state index in [1.807, 2.05) is 0 Å². The zero-order chi connectivity index (χ0) is 9.14. The van der Waals surface area contributed by atoms with E-state index in [1.54, 1.807) is 6.92 Å². The maximum atomic E-state index is 10.9. The van der Waals surface area contributed by atoms with Crippen molar-refractivity contribution in [3.05, 3.63) is 23.2 Å². The van der Waals surface area contributed by atoms with Crippen LogP contribution in [0.15, 0.2) is 10.5 Å². The molecule has 12 heavy (non-hydrogen) atoms. The Hall–Kier alpha value is -1.29. The lowest BCUT2D eigenvalue weighted by atomic mass is 10.3. The molecule has 0 aliphatic carbocycles. The molecule has 1 aromatic heterocycles. The zero-order valence-corrected chi connectivity index (χ0v) is 6.96. The lowest BCUT2D eigenvalue weighted by molar-refractivity contribution is 0.0560. The van der Waals surface area contributed by atoms with Crippen LogP contribution in [-0.4, -0.2) is 18.2 Å². The summed E-state index contributed by atoms with van der Waals surface area (Å²) in [6, 6.07) is 1.54. The van der Waals surface area contributed by atoms with Crippen molar-refractivity contribution in [3.63, 3.8) is 0 Å². The Bertz CT molecular complexity index is 287. The van der Waals surface area contributed by atoms with E-state index in [0.717, 1.165) is 5.56 Å². The number of aliphatic hydroxyl groups excluding tert-OH is 1. The summed E-state index contributed by atoms with van der Waals surface area (Å²) in [7, 11) is 1.28. The van der Waals surface area contributed by atoms with E-state index in [0.29, 0.717) is 5.76 Å². The number of carbonyl (C=O) groups excluding carboxylic acids is 1. The average molecular weight is 170 g/mol. The second-order valence-electron chi connectivity index (χ2n) is 2.37. The molecule has 1 rings (SSSR count). The van der Waals surface area contributed by atoms with Crippen LogP contribution in [0.3, 0.4) is 0 Å². The monoisotopic (exact) mass is 170 g/mol. The molecule has 1 heterocycles. The van der Waals surface area contributed by atoms with Crippen molar-refractivity contribution in [1.29, 1.82) is 0 Å². The Morgan fingerprint density at radius 3 is 2.83 bits per heavy atom. The van der Waals surface area contributed by atoms with Gasteiger partial charge in [0.2, 0.25) is 5.76 Å². The van der Waals surface area contributed by atoms with Gasteiger partial charge in [0.1, 0.15) is 12.4 Å². The molecule has 0 atom stereocenters. The molecule has 0 radical (unpaired) electrons. The summed E-state index contributed by atoms with van der Waals surface area (Å²) in [6.45, 7) is 1.55. The summed E-state index contributed by atoms with van der Waals surface area (Å²) >= 11 is 0. The Kier molecular flexibility index (Phi) is 2.50. The molecular formula is C8H10O4. The number of rotatable bonds is 2. The molecule has 0 amide bonds. The van der Waals surface area contributed by atoms with E-state index in [-0.39, 0.29) is 12.4 Å². The second kappa shape index (κ2) is 3.40. The van der Waals surface area contributed by atoms with Gasteiger partial charge in [0.15, 0.2) is 0 Å². The van der Waals surface area contributed by atoms with Crippen molar-refractivity contribution in [2.75, 3.05) is 7.11 Å². The van der Waals surface area contributed by atoms with Gasteiger partial charge in [-0.2, -0.15) is 0 Å². The molecule has 0 aliphatic heterocycles. The van der Waals surface area contributed by atoms with Gasteiger partial charge in [0.25, 0.3) is 0 Å². The van der Waals surface area contributed by atoms with Crippen molar-refractivity contribution < 1.29 is 19.1 Å². The molecule has 0 aromatic carbocycles. The van der Waals surface area contributed by atoms with E-state index in [4.69, 9.17) is 9.52 Å². The largest absolute Gasteiger partial charge is 0.463 e. The van der Waals surface area contributed by atoms with Crippen molar-refractivity contribution >= 4 is 5.97 Å². The molecule has 4 heteroatoms. The van der Waals surface area contributed by atoms with Gasteiger partial charge < -0.3 is 14.3 Å². The Balaban J connectivity index is 2.96.